The van der Waals surface area contributed by atoms with Gasteiger partial charge in [0, 0.05) is 6.20 Å². The Balaban J connectivity index is 2.01. The molecule has 0 amide bonds. The number of rotatable bonds is 7. The Morgan fingerprint density at radius 1 is 1.42 bits per heavy atom. The minimum Gasteiger partial charge on any atom is -0.495 e. The van der Waals surface area contributed by atoms with Gasteiger partial charge in [0.05, 0.1) is 18.8 Å². The van der Waals surface area contributed by atoms with Crippen LogP contribution in [0, 0.1) is 5.92 Å². The highest BCUT2D eigenvalue weighted by Crippen LogP contribution is 2.32. The maximum absolute atomic E-state index is 5.44. The molecule has 1 unspecified atom stereocenters. The van der Waals surface area contributed by atoms with Gasteiger partial charge in [0.1, 0.15) is 5.75 Å². The standard InChI is InChI=1S/C16H26N2O/c1-3-17-14(11-10-13-7-4-5-8-13)16-15(19-2)9-6-12-18-16/h6,9,12-14,17H,3-5,7-8,10-11H2,1-2H3. The van der Waals surface area contributed by atoms with Crippen LogP contribution in [0.2, 0.25) is 0 Å². The Bertz CT molecular complexity index is 375. The van der Waals surface area contributed by atoms with Crippen molar-refractivity contribution in [2.24, 2.45) is 5.92 Å². The summed E-state index contributed by atoms with van der Waals surface area (Å²) < 4.78 is 5.44. The molecule has 3 nitrogen and oxygen atoms in total. The number of methoxy groups -OCH3 is 1. The lowest BCUT2D eigenvalue weighted by molar-refractivity contribution is 0.374. The summed E-state index contributed by atoms with van der Waals surface area (Å²) in [5.41, 5.74) is 1.06. The van der Waals surface area contributed by atoms with Crippen LogP contribution in [-0.4, -0.2) is 18.6 Å². The summed E-state index contributed by atoms with van der Waals surface area (Å²) in [7, 11) is 1.72. The fourth-order valence-corrected chi connectivity index (χ4v) is 3.12. The Labute approximate surface area is 116 Å². The van der Waals surface area contributed by atoms with Crippen LogP contribution in [0.1, 0.15) is 57.2 Å². The number of aromatic nitrogens is 1. The van der Waals surface area contributed by atoms with Crippen molar-refractivity contribution in [2.75, 3.05) is 13.7 Å². The molecule has 19 heavy (non-hydrogen) atoms. The predicted molar refractivity (Wildman–Crippen MR) is 78.4 cm³/mol. The Kier molecular flexibility index (Phi) is 5.64. The van der Waals surface area contributed by atoms with Gasteiger partial charge >= 0.3 is 0 Å². The summed E-state index contributed by atoms with van der Waals surface area (Å²) in [6.45, 7) is 3.12. The van der Waals surface area contributed by atoms with Crippen molar-refractivity contribution < 1.29 is 4.74 Å². The van der Waals surface area contributed by atoms with Gasteiger partial charge in [0.25, 0.3) is 0 Å². The van der Waals surface area contributed by atoms with E-state index in [-0.39, 0.29) is 0 Å². The molecular formula is C16H26N2O. The van der Waals surface area contributed by atoms with E-state index in [1.165, 1.54) is 32.1 Å². The van der Waals surface area contributed by atoms with Crippen LogP contribution in [0.4, 0.5) is 0 Å². The summed E-state index contributed by atoms with van der Waals surface area (Å²) in [6.07, 6.45) is 9.99. The Hall–Kier alpha value is -1.09. The molecule has 2 rings (SSSR count). The molecular weight excluding hydrogens is 236 g/mol. The van der Waals surface area contributed by atoms with Crippen LogP contribution in [0.5, 0.6) is 5.75 Å². The van der Waals surface area contributed by atoms with Crippen molar-refractivity contribution in [3.8, 4) is 5.75 Å². The minimum atomic E-state index is 0.321. The largest absolute Gasteiger partial charge is 0.495 e. The van der Waals surface area contributed by atoms with Crippen LogP contribution in [0.3, 0.4) is 0 Å². The lowest BCUT2D eigenvalue weighted by Gasteiger charge is -2.21. The predicted octanol–water partition coefficient (Wildman–Crippen LogP) is 3.71. The van der Waals surface area contributed by atoms with E-state index >= 15 is 0 Å². The smallest absolute Gasteiger partial charge is 0.141 e. The second kappa shape index (κ2) is 7.49. The zero-order valence-electron chi connectivity index (χ0n) is 12.2. The van der Waals surface area contributed by atoms with Crippen molar-refractivity contribution in [1.29, 1.82) is 0 Å². The monoisotopic (exact) mass is 262 g/mol. The highest BCUT2D eigenvalue weighted by atomic mass is 16.5. The molecule has 0 saturated heterocycles. The number of nitrogens with one attached hydrogen (secondary N) is 1. The van der Waals surface area contributed by atoms with Gasteiger partial charge in [-0.05, 0) is 37.4 Å². The Morgan fingerprint density at radius 3 is 2.89 bits per heavy atom. The molecule has 1 N–H and O–H groups in total. The quantitative estimate of drug-likeness (QED) is 0.813. The summed E-state index contributed by atoms with van der Waals surface area (Å²) in [5.74, 6) is 1.83. The molecule has 0 radical (unpaired) electrons. The van der Waals surface area contributed by atoms with Crippen LogP contribution < -0.4 is 10.1 Å². The van der Waals surface area contributed by atoms with Gasteiger partial charge < -0.3 is 10.1 Å². The van der Waals surface area contributed by atoms with E-state index < -0.39 is 0 Å². The van der Waals surface area contributed by atoms with E-state index in [9.17, 15) is 0 Å². The second-order valence-corrected chi connectivity index (χ2v) is 5.43. The fourth-order valence-electron chi connectivity index (χ4n) is 3.12. The molecule has 1 aliphatic carbocycles. The third kappa shape index (κ3) is 3.93. The van der Waals surface area contributed by atoms with Gasteiger partial charge in [-0.3, -0.25) is 4.98 Å². The Morgan fingerprint density at radius 2 is 2.21 bits per heavy atom. The van der Waals surface area contributed by atoms with Crippen molar-refractivity contribution >= 4 is 0 Å². The maximum Gasteiger partial charge on any atom is 0.141 e. The molecule has 0 aliphatic heterocycles. The van der Waals surface area contributed by atoms with E-state index in [4.69, 9.17) is 4.74 Å². The molecule has 0 aromatic carbocycles. The molecule has 0 spiro atoms. The lowest BCUT2D eigenvalue weighted by atomic mass is 9.96. The van der Waals surface area contributed by atoms with Crippen LogP contribution >= 0.6 is 0 Å². The summed E-state index contributed by atoms with van der Waals surface area (Å²) in [5, 5.41) is 3.56. The van der Waals surface area contributed by atoms with Gasteiger partial charge in [-0.25, -0.2) is 0 Å². The molecule has 1 heterocycles. The third-order valence-corrected chi connectivity index (χ3v) is 4.14. The second-order valence-electron chi connectivity index (χ2n) is 5.43. The highest BCUT2D eigenvalue weighted by Gasteiger charge is 2.20. The first kappa shape index (κ1) is 14.3. The van der Waals surface area contributed by atoms with Crippen LogP contribution in [-0.2, 0) is 0 Å². The van der Waals surface area contributed by atoms with E-state index in [1.807, 2.05) is 18.3 Å². The lowest BCUT2D eigenvalue weighted by Crippen LogP contribution is -2.23. The highest BCUT2D eigenvalue weighted by molar-refractivity contribution is 5.29. The summed E-state index contributed by atoms with van der Waals surface area (Å²) >= 11 is 0. The zero-order valence-corrected chi connectivity index (χ0v) is 12.2. The minimum absolute atomic E-state index is 0.321. The van der Waals surface area contributed by atoms with Crippen molar-refractivity contribution in [2.45, 2.75) is 51.5 Å². The number of ether oxygens (including phenoxy) is 1. The van der Waals surface area contributed by atoms with Gasteiger partial charge in [0.15, 0.2) is 0 Å². The summed E-state index contributed by atoms with van der Waals surface area (Å²) in [4.78, 5) is 4.53. The van der Waals surface area contributed by atoms with Crippen molar-refractivity contribution in [3.63, 3.8) is 0 Å². The van der Waals surface area contributed by atoms with Crippen LogP contribution in [0.25, 0.3) is 0 Å². The molecule has 3 heteroatoms. The first-order chi connectivity index (χ1) is 9.35. The maximum atomic E-state index is 5.44. The van der Waals surface area contributed by atoms with E-state index in [0.29, 0.717) is 6.04 Å². The summed E-state index contributed by atoms with van der Waals surface area (Å²) in [6, 6.07) is 4.26. The molecule has 106 valence electrons. The van der Waals surface area contributed by atoms with Crippen molar-refractivity contribution in [3.05, 3.63) is 24.0 Å². The van der Waals surface area contributed by atoms with Gasteiger partial charge in [-0.15, -0.1) is 0 Å². The molecule has 1 aliphatic rings. The fraction of sp³-hybridized carbons (Fsp3) is 0.688. The molecule has 0 bridgehead atoms. The van der Waals surface area contributed by atoms with E-state index in [1.54, 1.807) is 7.11 Å². The molecule has 1 atom stereocenters. The number of hydrogen-bond donors (Lipinski definition) is 1. The van der Waals surface area contributed by atoms with Gasteiger partial charge in [0.2, 0.25) is 0 Å². The average Bonchev–Trinajstić information content (AvgIpc) is 2.96. The first-order valence-corrected chi connectivity index (χ1v) is 7.57. The number of pyridine rings is 1. The third-order valence-electron chi connectivity index (χ3n) is 4.14. The molecule has 1 aromatic heterocycles. The van der Waals surface area contributed by atoms with Crippen LogP contribution in [0.15, 0.2) is 18.3 Å². The number of nitrogens with zero attached hydrogens (tertiary/aromatic N) is 1. The van der Waals surface area contributed by atoms with Gasteiger partial charge in [-0.1, -0.05) is 32.6 Å². The zero-order chi connectivity index (χ0) is 13.5. The molecule has 1 aromatic rings. The first-order valence-electron chi connectivity index (χ1n) is 7.57. The SMILES string of the molecule is CCNC(CCC1CCCC1)c1ncccc1OC. The van der Waals surface area contributed by atoms with Crippen molar-refractivity contribution in [1.82, 2.24) is 10.3 Å². The molecule has 1 fully saturated rings. The van der Waals surface area contributed by atoms with Gasteiger partial charge in [-0.2, -0.15) is 0 Å². The topological polar surface area (TPSA) is 34.2 Å². The number of hydrogen-bond acceptors (Lipinski definition) is 3. The normalized spacial score (nSPS) is 17.6. The van der Waals surface area contributed by atoms with E-state index in [2.05, 4.69) is 17.2 Å². The average molecular weight is 262 g/mol. The molecule has 1 saturated carbocycles. The van der Waals surface area contributed by atoms with E-state index in [0.717, 1.165) is 30.3 Å².